The van der Waals surface area contributed by atoms with Crippen LogP contribution in [0.1, 0.15) is 34.9 Å². The molecule has 0 radical (unpaired) electrons. The van der Waals surface area contributed by atoms with Crippen molar-refractivity contribution >= 4 is 16.8 Å². The highest BCUT2D eigenvalue weighted by atomic mass is 16.3. The lowest BCUT2D eigenvalue weighted by Gasteiger charge is -2.29. The third kappa shape index (κ3) is 3.57. The van der Waals surface area contributed by atoms with Crippen LogP contribution in [-0.4, -0.2) is 20.4 Å². The van der Waals surface area contributed by atoms with Crippen molar-refractivity contribution in [3.05, 3.63) is 100 Å². The minimum Gasteiger partial charge on any atom is -0.459 e. The van der Waals surface area contributed by atoms with E-state index in [9.17, 15) is 9.59 Å². The summed E-state index contributed by atoms with van der Waals surface area (Å²) in [6.45, 7) is 2.24. The van der Waals surface area contributed by atoms with Crippen molar-refractivity contribution in [2.24, 2.45) is 7.05 Å². The summed E-state index contributed by atoms with van der Waals surface area (Å²) < 4.78 is 6.86. The molecule has 29 heavy (non-hydrogen) atoms. The number of carbonyl (C=O) groups excluding carboxylic acids is 1. The fourth-order valence-electron chi connectivity index (χ4n) is 3.45. The molecule has 0 spiro atoms. The Balaban J connectivity index is 1.80. The molecule has 2 aromatic heterocycles. The number of hydrogen-bond donors (Lipinski definition) is 0. The molecule has 1 amide bonds. The molecule has 146 valence electrons. The first kappa shape index (κ1) is 18.7. The molecule has 0 bridgehead atoms. The summed E-state index contributed by atoms with van der Waals surface area (Å²) in [6.07, 6.45) is 1.47. The van der Waals surface area contributed by atoms with Crippen LogP contribution in [0.25, 0.3) is 10.9 Å². The lowest BCUT2D eigenvalue weighted by Crippen LogP contribution is -2.36. The van der Waals surface area contributed by atoms with Gasteiger partial charge in [0.15, 0.2) is 5.76 Å². The molecular formula is C23H21N3O3. The maximum atomic E-state index is 13.2. The standard InChI is InChI=1S/C23H21N3O3/c1-16(21-24-19-12-7-6-11-18(19)22(27)25(21)2)26(15-17-9-4-3-5-10-17)23(28)20-13-8-14-29-20/h3-14,16H,15H2,1-2H3. The Kier molecular flexibility index (Phi) is 4.99. The predicted octanol–water partition coefficient (Wildman–Crippen LogP) is 3.93. The van der Waals surface area contributed by atoms with Crippen LogP contribution in [-0.2, 0) is 13.6 Å². The van der Waals surface area contributed by atoms with Crippen LogP contribution in [0.4, 0.5) is 0 Å². The number of nitrogens with zero attached hydrogens (tertiary/aromatic N) is 3. The number of fused-ring (bicyclic) bond motifs is 1. The molecule has 0 aliphatic heterocycles. The minimum atomic E-state index is -0.449. The van der Waals surface area contributed by atoms with Gasteiger partial charge in [0, 0.05) is 13.6 Å². The Morgan fingerprint density at radius 3 is 2.52 bits per heavy atom. The smallest absolute Gasteiger partial charge is 0.290 e. The zero-order chi connectivity index (χ0) is 20.4. The first-order valence-electron chi connectivity index (χ1n) is 9.40. The summed E-state index contributed by atoms with van der Waals surface area (Å²) in [4.78, 5) is 32.4. The van der Waals surface area contributed by atoms with Gasteiger partial charge < -0.3 is 9.32 Å². The van der Waals surface area contributed by atoms with Crippen LogP contribution in [0, 0.1) is 0 Å². The minimum absolute atomic E-state index is 0.137. The van der Waals surface area contributed by atoms with E-state index in [1.54, 1.807) is 30.1 Å². The molecule has 2 heterocycles. The maximum Gasteiger partial charge on any atom is 0.290 e. The van der Waals surface area contributed by atoms with Crippen LogP contribution >= 0.6 is 0 Å². The van der Waals surface area contributed by atoms with Gasteiger partial charge in [-0.05, 0) is 36.8 Å². The lowest BCUT2D eigenvalue weighted by atomic mass is 10.1. The summed E-state index contributed by atoms with van der Waals surface area (Å²) in [6, 6.07) is 19.8. The van der Waals surface area contributed by atoms with Crippen molar-refractivity contribution in [3.8, 4) is 0 Å². The zero-order valence-corrected chi connectivity index (χ0v) is 16.3. The van der Waals surface area contributed by atoms with Crippen molar-refractivity contribution in [3.63, 3.8) is 0 Å². The predicted molar refractivity (Wildman–Crippen MR) is 110 cm³/mol. The van der Waals surface area contributed by atoms with Gasteiger partial charge in [0.1, 0.15) is 5.82 Å². The van der Waals surface area contributed by atoms with Gasteiger partial charge in [0.05, 0.1) is 23.2 Å². The molecule has 4 aromatic rings. The molecule has 1 atom stereocenters. The second-order valence-corrected chi connectivity index (χ2v) is 6.92. The van der Waals surface area contributed by atoms with Gasteiger partial charge in [-0.3, -0.25) is 14.2 Å². The Bertz CT molecular complexity index is 1200. The fraction of sp³-hybridized carbons (Fsp3) is 0.174. The molecule has 0 aliphatic rings. The van der Waals surface area contributed by atoms with E-state index >= 15 is 0 Å². The third-order valence-electron chi connectivity index (χ3n) is 5.05. The van der Waals surface area contributed by atoms with Crippen molar-refractivity contribution in [2.75, 3.05) is 0 Å². The Labute approximate surface area is 168 Å². The molecule has 0 fully saturated rings. The van der Waals surface area contributed by atoms with E-state index in [1.165, 1.54) is 10.8 Å². The summed E-state index contributed by atoms with van der Waals surface area (Å²) in [7, 11) is 1.69. The van der Waals surface area contributed by atoms with E-state index < -0.39 is 6.04 Å². The number of rotatable bonds is 5. The second-order valence-electron chi connectivity index (χ2n) is 6.92. The molecular weight excluding hydrogens is 366 g/mol. The van der Waals surface area contributed by atoms with Crippen LogP contribution in [0.3, 0.4) is 0 Å². The average molecular weight is 387 g/mol. The van der Waals surface area contributed by atoms with Crippen LogP contribution in [0.15, 0.2) is 82.2 Å². The molecule has 0 N–H and O–H groups in total. The molecule has 4 rings (SSSR count). The van der Waals surface area contributed by atoms with Crippen molar-refractivity contribution in [2.45, 2.75) is 19.5 Å². The average Bonchev–Trinajstić information content (AvgIpc) is 3.29. The Hall–Kier alpha value is -3.67. The third-order valence-corrected chi connectivity index (χ3v) is 5.05. The Morgan fingerprint density at radius 1 is 1.07 bits per heavy atom. The number of para-hydroxylation sites is 1. The fourth-order valence-corrected chi connectivity index (χ4v) is 3.45. The van der Waals surface area contributed by atoms with Gasteiger partial charge in [0.25, 0.3) is 11.5 Å². The molecule has 0 aliphatic carbocycles. The van der Waals surface area contributed by atoms with Gasteiger partial charge in [-0.15, -0.1) is 0 Å². The number of carbonyl (C=O) groups is 1. The topological polar surface area (TPSA) is 68.3 Å². The van der Waals surface area contributed by atoms with E-state index in [-0.39, 0.29) is 17.2 Å². The van der Waals surface area contributed by atoms with Gasteiger partial charge >= 0.3 is 0 Å². The summed E-state index contributed by atoms with van der Waals surface area (Å²) in [5.41, 5.74) is 1.45. The zero-order valence-electron chi connectivity index (χ0n) is 16.3. The summed E-state index contributed by atoms with van der Waals surface area (Å²) >= 11 is 0. The quantitative estimate of drug-likeness (QED) is 0.520. The lowest BCUT2D eigenvalue weighted by molar-refractivity contribution is 0.0630. The number of hydrogen-bond acceptors (Lipinski definition) is 4. The SMILES string of the molecule is CC(c1nc2ccccc2c(=O)n1C)N(Cc1ccccc1)C(=O)c1ccco1. The number of furan rings is 1. The molecule has 6 nitrogen and oxygen atoms in total. The summed E-state index contributed by atoms with van der Waals surface area (Å²) in [5, 5.41) is 0.554. The van der Waals surface area contributed by atoms with Crippen molar-refractivity contribution < 1.29 is 9.21 Å². The number of benzene rings is 2. The maximum absolute atomic E-state index is 13.2. The molecule has 6 heteroatoms. The normalized spacial score (nSPS) is 12.1. The largest absolute Gasteiger partial charge is 0.459 e. The van der Waals surface area contributed by atoms with E-state index in [1.807, 2.05) is 55.5 Å². The molecule has 1 unspecified atom stereocenters. The number of amides is 1. The first-order chi connectivity index (χ1) is 14.1. The highest BCUT2D eigenvalue weighted by molar-refractivity contribution is 5.91. The van der Waals surface area contributed by atoms with Gasteiger partial charge in [0.2, 0.25) is 0 Å². The monoisotopic (exact) mass is 387 g/mol. The summed E-state index contributed by atoms with van der Waals surface area (Å²) in [5.74, 6) is 0.511. The van der Waals surface area contributed by atoms with E-state index in [2.05, 4.69) is 0 Å². The first-order valence-corrected chi connectivity index (χ1v) is 9.40. The van der Waals surface area contributed by atoms with E-state index in [4.69, 9.17) is 9.40 Å². The van der Waals surface area contributed by atoms with E-state index in [0.29, 0.717) is 23.3 Å². The number of aromatic nitrogens is 2. The van der Waals surface area contributed by atoms with Gasteiger partial charge in [-0.25, -0.2) is 4.98 Å². The Morgan fingerprint density at radius 2 is 1.79 bits per heavy atom. The molecule has 2 aromatic carbocycles. The molecule has 0 saturated carbocycles. The van der Waals surface area contributed by atoms with Crippen LogP contribution < -0.4 is 5.56 Å². The molecule has 0 saturated heterocycles. The highest BCUT2D eigenvalue weighted by Crippen LogP contribution is 2.24. The second kappa shape index (κ2) is 7.75. The van der Waals surface area contributed by atoms with Gasteiger partial charge in [-0.2, -0.15) is 0 Å². The van der Waals surface area contributed by atoms with Crippen LogP contribution in [0.2, 0.25) is 0 Å². The van der Waals surface area contributed by atoms with Crippen molar-refractivity contribution in [1.82, 2.24) is 14.5 Å². The highest BCUT2D eigenvalue weighted by Gasteiger charge is 2.28. The van der Waals surface area contributed by atoms with Crippen LogP contribution in [0.5, 0.6) is 0 Å². The van der Waals surface area contributed by atoms with Gasteiger partial charge in [-0.1, -0.05) is 42.5 Å². The van der Waals surface area contributed by atoms with Crippen molar-refractivity contribution in [1.29, 1.82) is 0 Å². The van der Waals surface area contributed by atoms with E-state index in [0.717, 1.165) is 5.56 Å².